The number of nitrogens with one attached hydrogen (secondary N) is 1. The van der Waals surface area contributed by atoms with Crippen molar-refractivity contribution >= 4 is 0 Å². The van der Waals surface area contributed by atoms with Crippen LogP contribution >= 0.6 is 0 Å². The van der Waals surface area contributed by atoms with Gasteiger partial charge in [-0.05, 0) is 0 Å². The third-order valence-electron chi connectivity index (χ3n) is 1.56. The number of rotatable bonds is 2. The van der Waals surface area contributed by atoms with Crippen molar-refractivity contribution in [3.8, 4) is 17.3 Å². The Kier molecular flexibility index (Phi) is 1.91. The van der Waals surface area contributed by atoms with Crippen LogP contribution in [0.1, 0.15) is 0 Å². The van der Waals surface area contributed by atoms with Crippen molar-refractivity contribution in [2.24, 2.45) is 0 Å². The van der Waals surface area contributed by atoms with Crippen molar-refractivity contribution in [3.63, 3.8) is 0 Å². The molecule has 0 fully saturated rings. The minimum atomic E-state index is 0.473. The van der Waals surface area contributed by atoms with Crippen LogP contribution in [0.2, 0.25) is 0 Å². The van der Waals surface area contributed by atoms with Gasteiger partial charge in [-0.2, -0.15) is 4.98 Å². The zero-order chi connectivity index (χ0) is 9.10. The molecule has 13 heavy (non-hydrogen) atoms. The van der Waals surface area contributed by atoms with Gasteiger partial charge in [0.15, 0.2) is 6.33 Å². The average Bonchev–Trinajstić information content (AvgIpc) is 2.67. The summed E-state index contributed by atoms with van der Waals surface area (Å²) in [6.07, 6.45) is 7.42. The van der Waals surface area contributed by atoms with Gasteiger partial charge < -0.3 is 9.72 Å². The van der Waals surface area contributed by atoms with Crippen LogP contribution in [0.4, 0.5) is 0 Å². The molecule has 0 aromatic carbocycles. The summed E-state index contributed by atoms with van der Waals surface area (Å²) in [7, 11) is 1.55. The second-order valence-corrected chi connectivity index (χ2v) is 2.32. The summed E-state index contributed by atoms with van der Waals surface area (Å²) in [6, 6.07) is 0. The van der Waals surface area contributed by atoms with E-state index in [-0.39, 0.29) is 0 Å². The molecular formula is C8H7N4O. The summed E-state index contributed by atoms with van der Waals surface area (Å²) in [4.78, 5) is 14.7. The predicted molar refractivity (Wildman–Crippen MR) is 45.0 cm³/mol. The third kappa shape index (κ3) is 1.35. The van der Waals surface area contributed by atoms with Gasteiger partial charge in [-0.3, -0.25) is 9.97 Å². The Morgan fingerprint density at radius 3 is 3.08 bits per heavy atom. The topological polar surface area (TPSA) is 63.7 Å². The fourth-order valence-electron chi connectivity index (χ4n) is 0.993. The predicted octanol–water partition coefficient (Wildman–Crippen LogP) is 0.675. The summed E-state index contributed by atoms with van der Waals surface area (Å²) in [5, 5.41) is 0. The minimum absolute atomic E-state index is 0.473. The maximum Gasteiger partial charge on any atom is 0.241 e. The summed E-state index contributed by atoms with van der Waals surface area (Å²) < 4.78 is 5.00. The average molecular weight is 175 g/mol. The second-order valence-electron chi connectivity index (χ2n) is 2.32. The summed E-state index contributed by atoms with van der Waals surface area (Å²) in [5.74, 6) is 0.473. The molecule has 2 heterocycles. The lowest BCUT2D eigenvalue weighted by Crippen LogP contribution is -1.89. The smallest absolute Gasteiger partial charge is 0.241 e. The Hall–Kier alpha value is -1.91. The van der Waals surface area contributed by atoms with E-state index in [0.717, 1.165) is 0 Å². The number of nitrogens with zero attached hydrogens (tertiary/aromatic N) is 3. The number of imidazole rings is 1. The minimum Gasteiger partial charge on any atom is -0.479 e. The molecular weight excluding hydrogens is 168 g/mol. The molecule has 0 aliphatic carbocycles. The van der Waals surface area contributed by atoms with Crippen molar-refractivity contribution in [1.29, 1.82) is 0 Å². The molecule has 0 spiro atoms. The third-order valence-corrected chi connectivity index (χ3v) is 1.56. The molecule has 0 unspecified atom stereocenters. The van der Waals surface area contributed by atoms with Crippen LogP contribution in [-0.2, 0) is 0 Å². The Morgan fingerprint density at radius 1 is 1.46 bits per heavy atom. The van der Waals surface area contributed by atoms with E-state index < -0.39 is 0 Å². The summed E-state index contributed by atoms with van der Waals surface area (Å²) in [6.45, 7) is 0. The van der Waals surface area contributed by atoms with E-state index in [2.05, 4.69) is 26.3 Å². The largest absolute Gasteiger partial charge is 0.479 e. The summed E-state index contributed by atoms with van der Waals surface area (Å²) >= 11 is 0. The first-order valence-electron chi connectivity index (χ1n) is 3.68. The first kappa shape index (κ1) is 7.72. The SMILES string of the molecule is COc1n[c][nH]c1-c1cnccn1. The van der Waals surface area contributed by atoms with Gasteiger partial charge in [0.2, 0.25) is 5.88 Å². The van der Waals surface area contributed by atoms with Gasteiger partial charge in [-0.25, -0.2) is 0 Å². The Bertz CT molecular complexity index is 384. The van der Waals surface area contributed by atoms with Gasteiger partial charge in [-0.1, -0.05) is 0 Å². The number of hydrogen-bond donors (Lipinski definition) is 1. The van der Waals surface area contributed by atoms with Crippen LogP contribution in [0.15, 0.2) is 18.6 Å². The second kappa shape index (κ2) is 3.22. The molecule has 5 heteroatoms. The monoisotopic (exact) mass is 175 g/mol. The van der Waals surface area contributed by atoms with Gasteiger partial charge in [-0.15, -0.1) is 0 Å². The Morgan fingerprint density at radius 2 is 2.38 bits per heavy atom. The molecule has 2 aromatic heterocycles. The van der Waals surface area contributed by atoms with Crippen molar-refractivity contribution in [3.05, 3.63) is 24.9 Å². The fourth-order valence-corrected chi connectivity index (χ4v) is 0.993. The van der Waals surface area contributed by atoms with E-state index >= 15 is 0 Å². The highest BCUT2D eigenvalue weighted by Crippen LogP contribution is 2.22. The van der Waals surface area contributed by atoms with E-state index in [4.69, 9.17) is 4.74 Å². The Labute approximate surface area is 74.8 Å². The van der Waals surface area contributed by atoms with Crippen LogP contribution in [-0.4, -0.2) is 27.0 Å². The molecule has 0 bridgehead atoms. The van der Waals surface area contributed by atoms with Gasteiger partial charge in [0.05, 0.1) is 13.3 Å². The number of aromatic nitrogens is 4. The number of aromatic amines is 1. The normalized spacial score (nSPS) is 9.92. The molecule has 0 amide bonds. The molecule has 2 rings (SSSR count). The first-order chi connectivity index (χ1) is 6.42. The highest BCUT2D eigenvalue weighted by Gasteiger charge is 2.08. The van der Waals surface area contributed by atoms with Crippen molar-refractivity contribution < 1.29 is 4.74 Å². The number of H-pyrrole nitrogens is 1. The number of hydrogen-bond acceptors (Lipinski definition) is 4. The zero-order valence-corrected chi connectivity index (χ0v) is 6.98. The molecule has 65 valence electrons. The molecule has 1 radical (unpaired) electrons. The van der Waals surface area contributed by atoms with Crippen LogP contribution in [0.3, 0.4) is 0 Å². The molecule has 5 nitrogen and oxygen atoms in total. The standard InChI is InChI=1S/C8H7N4O/c1-13-8-7(11-5-12-8)6-4-9-2-3-10-6/h2-4H,1H3,(H,11,12). The highest BCUT2D eigenvalue weighted by atomic mass is 16.5. The van der Waals surface area contributed by atoms with Crippen LogP contribution in [0.5, 0.6) is 5.88 Å². The maximum absolute atomic E-state index is 5.00. The van der Waals surface area contributed by atoms with Gasteiger partial charge in [0.25, 0.3) is 0 Å². The first-order valence-corrected chi connectivity index (χ1v) is 3.68. The van der Waals surface area contributed by atoms with Gasteiger partial charge in [0.1, 0.15) is 11.4 Å². The van der Waals surface area contributed by atoms with E-state index in [0.29, 0.717) is 17.3 Å². The molecule has 0 aliphatic heterocycles. The van der Waals surface area contributed by atoms with Gasteiger partial charge >= 0.3 is 0 Å². The zero-order valence-electron chi connectivity index (χ0n) is 6.98. The van der Waals surface area contributed by atoms with Crippen LogP contribution < -0.4 is 4.74 Å². The van der Waals surface area contributed by atoms with Crippen molar-refractivity contribution in [2.75, 3.05) is 7.11 Å². The van der Waals surface area contributed by atoms with Crippen molar-refractivity contribution in [2.45, 2.75) is 0 Å². The molecule has 0 aliphatic rings. The lowest BCUT2D eigenvalue weighted by molar-refractivity contribution is 0.401. The van der Waals surface area contributed by atoms with Crippen LogP contribution in [0.25, 0.3) is 11.4 Å². The molecule has 0 saturated carbocycles. The molecule has 2 aromatic rings. The van der Waals surface area contributed by atoms with Crippen molar-refractivity contribution in [1.82, 2.24) is 19.9 Å². The van der Waals surface area contributed by atoms with E-state index in [1.54, 1.807) is 25.7 Å². The van der Waals surface area contributed by atoms with E-state index in [1.807, 2.05) is 0 Å². The van der Waals surface area contributed by atoms with Gasteiger partial charge in [0, 0.05) is 12.4 Å². The summed E-state index contributed by atoms with van der Waals surface area (Å²) in [5.41, 5.74) is 1.38. The fraction of sp³-hybridized carbons (Fsp3) is 0.125. The molecule has 0 saturated heterocycles. The van der Waals surface area contributed by atoms with E-state index in [9.17, 15) is 0 Å². The van der Waals surface area contributed by atoms with Crippen LogP contribution in [0, 0.1) is 6.33 Å². The molecule has 1 N–H and O–H groups in total. The molecule has 0 atom stereocenters. The lowest BCUT2D eigenvalue weighted by atomic mass is 10.3. The van der Waals surface area contributed by atoms with E-state index in [1.165, 1.54) is 0 Å². The highest BCUT2D eigenvalue weighted by molar-refractivity contribution is 5.58. The maximum atomic E-state index is 5.00. The lowest BCUT2D eigenvalue weighted by Gasteiger charge is -1.98. The number of ether oxygens (including phenoxy) is 1. The number of methoxy groups -OCH3 is 1. The quantitative estimate of drug-likeness (QED) is 0.728. The Balaban J connectivity index is 2.47.